The van der Waals surface area contributed by atoms with E-state index in [1.165, 1.54) is 71.1 Å². The van der Waals surface area contributed by atoms with Gasteiger partial charge in [0.2, 0.25) is 0 Å². The number of ether oxygens (including phenoxy) is 1. The van der Waals surface area contributed by atoms with Crippen LogP contribution in [0.5, 0.6) is 0 Å². The highest BCUT2D eigenvalue weighted by atomic mass is 16.5. The van der Waals surface area contributed by atoms with Crippen LogP contribution in [-0.4, -0.2) is 12.1 Å². The lowest BCUT2D eigenvalue weighted by atomic mass is 10.1. The Morgan fingerprint density at radius 3 is 1.91 bits per heavy atom. The van der Waals surface area contributed by atoms with E-state index in [1.54, 1.807) is 0 Å². The maximum absolute atomic E-state index is 10.7. The quantitative estimate of drug-likeness (QED) is 0.212. The summed E-state index contributed by atoms with van der Waals surface area (Å²) in [5.41, 5.74) is 0. The van der Waals surface area contributed by atoms with Crippen LogP contribution in [0.25, 0.3) is 0 Å². The molecule has 0 saturated heterocycles. The maximum Gasteiger partial charge on any atom is 0.303 e. The van der Waals surface area contributed by atoms with Crippen molar-refractivity contribution in [2.24, 2.45) is 0 Å². The largest absolute Gasteiger partial charge is 0.459 e. The second-order valence-electron chi connectivity index (χ2n) is 6.06. The van der Waals surface area contributed by atoms with Crippen molar-refractivity contribution in [1.82, 2.24) is 0 Å². The Labute approximate surface area is 138 Å². The number of carbonyl (C=O) groups is 1. The van der Waals surface area contributed by atoms with Gasteiger partial charge >= 0.3 is 5.97 Å². The zero-order chi connectivity index (χ0) is 16.5. The highest BCUT2D eigenvalue weighted by molar-refractivity contribution is 5.66. The fourth-order valence-electron chi connectivity index (χ4n) is 2.38. The van der Waals surface area contributed by atoms with Gasteiger partial charge in [0.15, 0.2) is 0 Å². The van der Waals surface area contributed by atoms with E-state index in [2.05, 4.69) is 25.2 Å². The molecule has 1 unspecified atom stereocenters. The summed E-state index contributed by atoms with van der Waals surface area (Å²) < 4.78 is 5.03. The lowest BCUT2D eigenvalue weighted by Gasteiger charge is -2.05. The van der Waals surface area contributed by atoms with Gasteiger partial charge in [-0.25, -0.2) is 0 Å². The third kappa shape index (κ3) is 17.0. The van der Waals surface area contributed by atoms with Gasteiger partial charge in [-0.15, -0.1) is 0 Å². The first-order valence-electron chi connectivity index (χ1n) is 9.15. The second kappa shape index (κ2) is 16.3. The maximum atomic E-state index is 10.7. The molecule has 2 nitrogen and oxygen atoms in total. The van der Waals surface area contributed by atoms with Crippen molar-refractivity contribution in [1.29, 1.82) is 0 Å². The first-order chi connectivity index (χ1) is 10.7. The van der Waals surface area contributed by atoms with Crippen LogP contribution in [0.4, 0.5) is 0 Å². The van der Waals surface area contributed by atoms with Gasteiger partial charge in [0.1, 0.15) is 6.10 Å². The summed E-state index contributed by atoms with van der Waals surface area (Å²) in [5.74, 6) is -0.211. The number of allylic oxidation sites excluding steroid dienone is 3. The van der Waals surface area contributed by atoms with Crippen LogP contribution in [0.2, 0.25) is 0 Å². The summed E-state index contributed by atoms with van der Waals surface area (Å²) >= 11 is 0. The fraction of sp³-hybridized carbons (Fsp3) is 0.750. The average Bonchev–Trinajstić information content (AvgIpc) is 2.47. The lowest BCUT2D eigenvalue weighted by molar-refractivity contribution is -0.143. The predicted octanol–water partition coefficient (Wildman–Crippen LogP) is 6.36. The molecule has 0 radical (unpaired) electrons. The minimum Gasteiger partial charge on any atom is -0.459 e. The molecule has 22 heavy (non-hydrogen) atoms. The van der Waals surface area contributed by atoms with Crippen LogP contribution in [-0.2, 0) is 9.53 Å². The summed E-state index contributed by atoms with van der Waals surface area (Å²) in [6.45, 7) is 5.59. The Hall–Kier alpha value is -1.05. The normalized spacial score (nSPS) is 13.0. The molecule has 0 heterocycles. The van der Waals surface area contributed by atoms with Crippen LogP contribution < -0.4 is 0 Å². The van der Waals surface area contributed by atoms with E-state index < -0.39 is 0 Å². The van der Waals surface area contributed by atoms with E-state index >= 15 is 0 Å². The molecular weight excluding hydrogens is 272 g/mol. The zero-order valence-electron chi connectivity index (χ0n) is 15.0. The molecule has 0 bridgehead atoms. The standard InChI is InChI=1S/C20H36O2/c1-4-5-6-7-8-9-10-11-12-13-14-15-16-17-18-19(2)22-20(3)21/h7-8,17-19H,4-6,9-16H2,1-3H3/b8-7?,18-17-. The summed E-state index contributed by atoms with van der Waals surface area (Å²) in [4.78, 5) is 10.7. The lowest BCUT2D eigenvalue weighted by Crippen LogP contribution is -2.08. The number of rotatable bonds is 14. The van der Waals surface area contributed by atoms with Crippen molar-refractivity contribution in [3.63, 3.8) is 0 Å². The minimum atomic E-state index is -0.211. The molecule has 0 fully saturated rings. The van der Waals surface area contributed by atoms with Crippen molar-refractivity contribution in [3.05, 3.63) is 24.3 Å². The van der Waals surface area contributed by atoms with Gasteiger partial charge in [-0.1, -0.05) is 63.7 Å². The summed E-state index contributed by atoms with van der Waals surface area (Å²) in [7, 11) is 0. The van der Waals surface area contributed by atoms with E-state index in [-0.39, 0.29) is 12.1 Å². The summed E-state index contributed by atoms with van der Waals surface area (Å²) in [6.07, 6.45) is 22.8. The highest BCUT2D eigenvalue weighted by Gasteiger charge is 1.98. The van der Waals surface area contributed by atoms with Crippen LogP contribution in [0.1, 0.15) is 91.4 Å². The third-order valence-corrected chi connectivity index (χ3v) is 3.64. The van der Waals surface area contributed by atoms with Crippen molar-refractivity contribution >= 4 is 5.97 Å². The van der Waals surface area contributed by atoms with Crippen molar-refractivity contribution in [2.45, 2.75) is 97.5 Å². The van der Waals surface area contributed by atoms with E-state index in [1.807, 2.05) is 13.0 Å². The second-order valence-corrected chi connectivity index (χ2v) is 6.06. The van der Waals surface area contributed by atoms with Gasteiger partial charge in [-0.2, -0.15) is 0 Å². The van der Waals surface area contributed by atoms with Crippen LogP contribution >= 0.6 is 0 Å². The van der Waals surface area contributed by atoms with Crippen molar-refractivity contribution < 1.29 is 9.53 Å². The molecule has 0 aromatic carbocycles. The van der Waals surface area contributed by atoms with E-state index in [9.17, 15) is 4.79 Å². The molecule has 0 saturated carbocycles. The Bertz CT molecular complexity index is 305. The molecule has 0 aromatic rings. The molecule has 128 valence electrons. The molecule has 0 spiro atoms. The molecule has 2 heteroatoms. The summed E-state index contributed by atoms with van der Waals surface area (Å²) in [6, 6.07) is 0. The smallest absolute Gasteiger partial charge is 0.303 e. The summed E-state index contributed by atoms with van der Waals surface area (Å²) in [5, 5.41) is 0. The van der Waals surface area contributed by atoms with E-state index in [4.69, 9.17) is 4.74 Å². The Balaban J connectivity index is 3.25. The monoisotopic (exact) mass is 308 g/mol. The Kier molecular flexibility index (Phi) is 15.5. The average molecular weight is 309 g/mol. The van der Waals surface area contributed by atoms with Crippen molar-refractivity contribution in [3.8, 4) is 0 Å². The minimum absolute atomic E-state index is 0.0946. The van der Waals surface area contributed by atoms with Gasteiger partial charge in [0, 0.05) is 6.92 Å². The predicted molar refractivity (Wildman–Crippen MR) is 96.0 cm³/mol. The molecule has 0 aliphatic rings. The van der Waals surface area contributed by atoms with Gasteiger partial charge in [0.05, 0.1) is 0 Å². The number of unbranched alkanes of at least 4 members (excludes halogenated alkanes) is 9. The number of carbonyl (C=O) groups excluding carboxylic acids is 1. The van der Waals surface area contributed by atoms with Crippen LogP contribution in [0, 0.1) is 0 Å². The number of hydrogen-bond acceptors (Lipinski definition) is 2. The van der Waals surface area contributed by atoms with Gasteiger partial charge in [-0.3, -0.25) is 4.79 Å². The molecule has 0 aromatic heterocycles. The molecule has 0 aliphatic heterocycles. The Morgan fingerprint density at radius 2 is 1.36 bits per heavy atom. The SMILES string of the molecule is CCCCC=CCCCCCCCC/C=C\C(C)OC(C)=O. The molecule has 0 aliphatic carbocycles. The van der Waals surface area contributed by atoms with Gasteiger partial charge in [-0.05, 0) is 45.1 Å². The number of hydrogen-bond donors (Lipinski definition) is 0. The topological polar surface area (TPSA) is 26.3 Å². The van der Waals surface area contributed by atoms with Crippen LogP contribution in [0.3, 0.4) is 0 Å². The molecule has 0 N–H and O–H groups in total. The highest BCUT2D eigenvalue weighted by Crippen LogP contribution is 2.10. The van der Waals surface area contributed by atoms with Gasteiger partial charge < -0.3 is 4.74 Å². The first kappa shape index (κ1) is 20.9. The number of esters is 1. The van der Waals surface area contributed by atoms with Crippen LogP contribution in [0.15, 0.2) is 24.3 Å². The first-order valence-corrected chi connectivity index (χ1v) is 9.15. The zero-order valence-corrected chi connectivity index (χ0v) is 15.0. The van der Waals surface area contributed by atoms with E-state index in [0.717, 1.165) is 6.42 Å². The molecule has 1 atom stereocenters. The molecular formula is C20H36O2. The Morgan fingerprint density at radius 1 is 0.864 bits per heavy atom. The fourth-order valence-corrected chi connectivity index (χ4v) is 2.38. The molecule has 0 amide bonds. The van der Waals surface area contributed by atoms with Crippen molar-refractivity contribution in [2.75, 3.05) is 0 Å². The van der Waals surface area contributed by atoms with Gasteiger partial charge in [0.25, 0.3) is 0 Å². The van der Waals surface area contributed by atoms with E-state index in [0.29, 0.717) is 0 Å². The molecule has 0 rings (SSSR count). The third-order valence-electron chi connectivity index (χ3n) is 3.64.